The number of nitrogens with zero attached hydrogens (tertiary/aromatic N) is 2. The van der Waals surface area contributed by atoms with Gasteiger partial charge >= 0.3 is 0 Å². The number of nitriles is 1. The molecule has 148 valence electrons. The summed E-state index contributed by atoms with van der Waals surface area (Å²) in [6.45, 7) is 0.488. The summed E-state index contributed by atoms with van der Waals surface area (Å²) in [4.78, 5) is -0.244. The van der Waals surface area contributed by atoms with Crippen LogP contribution in [0.2, 0.25) is 0 Å². The molecule has 30 heavy (non-hydrogen) atoms. The van der Waals surface area contributed by atoms with Crippen molar-refractivity contribution < 1.29 is 12.8 Å². The van der Waals surface area contributed by atoms with Crippen molar-refractivity contribution >= 4 is 26.8 Å². The summed E-state index contributed by atoms with van der Waals surface area (Å²) in [5.74, 6) is -0.301. The Morgan fingerprint density at radius 3 is 2.33 bits per heavy atom. The third-order valence-corrected chi connectivity index (χ3v) is 6.51. The molecular weight excluding hydrogens is 399 g/mol. The van der Waals surface area contributed by atoms with E-state index >= 15 is 0 Å². The summed E-state index contributed by atoms with van der Waals surface area (Å²) < 4.78 is 41.0. The zero-order chi connectivity index (χ0) is 21.1. The first kappa shape index (κ1) is 19.6. The van der Waals surface area contributed by atoms with Crippen molar-refractivity contribution in [3.63, 3.8) is 0 Å². The maximum atomic E-state index is 13.2. The number of aromatic nitrogens is 1. The summed E-state index contributed by atoms with van der Waals surface area (Å²) in [5, 5.41) is 10.4. The summed E-state index contributed by atoms with van der Waals surface area (Å²) in [6.07, 6.45) is 3.22. The summed E-state index contributed by atoms with van der Waals surface area (Å²) >= 11 is 0. The van der Waals surface area contributed by atoms with Crippen molar-refractivity contribution in [1.29, 1.82) is 5.26 Å². The van der Waals surface area contributed by atoms with Gasteiger partial charge in [-0.25, -0.2) is 12.8 Å². The summed E-state index contributed by atoms with van der Waals surface area (Å²) in [5.41, 5.74) is 2.43. The normalized spacial score (nSPS) is 12.1. The number of hydrogen-bond donors (Lipinski definition) is 0. The largest absolute Gasteiger partial charge is 0.342 e. The van der Waals surface area contributed by atoms with Gasteiger partial charge < -0.3 is 4.57 Å². The summed E-state index contributed by atoms with van der Waals surface area (Å²) in [7, 11) is -3.92. The molecule has 0 radical (unpaired) electrons. The highest BCUT2D eigenvalue weighted by molar-refractivity contribution is 7.95. The van der Waals surface area contributed by atoms with Crippen molar-refractivity contribution in [3.05, 3.63) is 107 Å². The lowest BCUT2D eigenvalue weighted by atomic mass is 10.1. The topological polar surface area (TPSA) is 62.9 Å². The number of sulfone groups is 1. The monoisotopic (exact) mass is 416 g/mol. The lowest BCUT2D eigenvalue weighted by Gasteiger charge is -2.05. The number of para-hydroxylation sites is 1. The second-order valence-corrected chi connectivity index (χ2v) is 8.71. The molecule has 0 N–H and O–H groups in total. The molecule has 0 aliphatic heterocycles. The lowest BCUT2D eigenvalue weighted by Crippen LogP contribution is -2.03. The van der Waals surface area contributed by atoms with Crippen LogP contribution in [0.1, 0.15) is 11.1 Å². The SMILES string of the molecule is N#CC(=Cc1cn(Cc2ccc(F)cc2)c2ccccc12)S(=O)(=O)c1ccccc1. The number of benzene rings is 3. The van der Waals surface area contributed by atoms with Crippen LogP contribution in [-0.4, -0.2) is 13.0 Å². The average Bonchev–Trinajstić information content (AvgIpc) is 3.11. The first-order chi connectivity index (χ1) is 14.5. The van der Waals surface area contributed by atoms with Crippen LogP contribution in [0.4, 0.5) is 4.39 Å². The van der Waals surface area contributed by atoms with Crippen molar-refractivity contribution in [1.82, 2.24) is 4.57 Å². The summed E-state index contributed by atoms with van der Waals surface area (Å²) in [6, 6.07) is 23.5. The second-order valence-electron chi connectivity index (χ2n) is 6.79. The van der Waals surface area contributed by atoms with Crippen LogP contribution >= 0.6 is 0 Å². The van der Waals surface area contributed by atoms with Crippen molar-refractivity contribution in [2.75, 3.05) is 0 Å². The number of hydrogen-bond acceptors (Lipinski definition) is 3. The van der Waals surface area contributed by atoms with Gasteiger partial charge in [0.1, 0.15) is 16.8 Å². The highest BCUT2D eigenvalue weighted by atomic mass is 32.2. The van der Waals surface area contributed by atoms with Crippen LogP contribution in [0, 0.1) is 17.1 Å². The molecule has 0 spiro atoms. The molecule has 1 aromatic heterocycles. The van der Waals surface area contributed by atoms with E-state index < -0.39 is 9.84 Å². The van der Waals surface area contributed by atoms with E-state index in [2.05, 4.69) is 0 Å². The molecule has 3 aromatic carbocycles. The molecule has 4 aromatic rings. The van der Waals surface area contributed by atoms with E-state index in [0.717, 1.165) is 16.5 Å². The van der Waals surface area contributed by atoms with E-state index in [1.54, 1.807) is 30.3 Å². The van der Waals surface area contributed by atoms with Crippen molar-refractivity contribution in [3.8, 4) is 6.07 Å². The molecule has 0 bridgehead atoms. The third kappa shape index (κ3) is 3.76. The smallest absolute Gasteiger partial charge is 0.216 e. The molecule has 6 heteroatoms. The van der Waals surface area contributed by atoms with Gasteiger partial charge in [0.05, 0.1) is 4.90 Å². The fourth-order valence-corrected chi connectivity index (χ4v) is 4.52. The van der Waals surface area contributed by atoms with Crippen LogP contribution in [-0.2, 0) is 16.4 Å². The van der Waals surface area contributed by atoms with Crippen molar-refractivity contribution in [2.45, 2.75) is 11.4 Å². The Kier molecular flexibility index (Phi) is 5.21. The molecule has 0 saturated heterocycles. The maximum absolute atomic E-state index is 13.2. The first-order valence-electron chi connectivity index (χ1n) is 9.23. The van der Waals surface area contributed by atoms with E-state index in [-0.39, 0.29) is 15.6 Å². The number of fused-ring (bicyclic) bond motifs is 1. The Balaban J connectivity index is 1.81. The van der Waals surface area contributed by atoms with Crippen LogP contribution in [0.5, 0.6) is 0 Å². The van der Waals surface area contributed by atoms with Gasteiger partial charge in [0.15, 0.2) is 0 Å². The molecule has 0 unspecified atom stereocenters. The Morgan fingerprint density at radius 1 is 0.967 bits per heavy atom. The molecule has 0 aliphatic carbocycles. The van der Waals surface area contributed by atoms with Gasteiger partial charge in [-0.1, -0.05) is 48.5 Å². The van der Waals surface area contributed by atoms with Gasteiger partial charge in [-0.15, -0.1) is 0 Å². The Hall–Kier alpha value is -3.69. The van der Waals surface area contributed by atoms with Gasteiger partial charge in [0, 0.05) is 29.2 Å². The molecular formula is C24H17FN2O2S. The van der Waals surface area contributed by atoms with Crippen LogP contribution < -0.4 is 0 Å². The molecule has 0 atom stereocenters. The average molecular weight is 416 g/mol. The van der Waals surface area contributed by atoms with E-state index in [0.29, 0.717) is 12.1 Å². The predicted molar refractivity (Wildman–Crippen MR) is 115 cm³/mol. The van der Waals surface area contributed by atoms with E-state index in [1.807, 2.05) is 41.1 Å². The minimum atomic E-state index is -3.92. The van der Waals surface area contributed by atoms with E-state index in [4.69, 9.17) is 0 Å². The quantitative estimate of drug-likeness (QED) is 0.422. The Morgan fingerprint density at radius 2 is 1.63 bits per heavy atom. The highest BCUT2D eigenvalue weighted by Crippen LogP contribution is 2.27. The Bertz CT molecular complexity index is 1380. The minimum absolute atomic E-state index is 0.0767. The molecule has 0 amide bonds. The van der Waals surface area contributed by atoms with E-state index in [9.17, 15) is 18.1 Å². The molecule has 0 saturated carbocycles. The first-order valence-corrected chi connectivity index (χ1v) is 10.7. The van der Waals surface area contributed by atoms with E-state index in [1.165, 1.54) is 30.3 Å². The van der Waals surface area contributed by atoms with Crippen LogP contribution in [0.3, 0.4) is 0 Å². The van der Waals surface area contributed by atoms with Gasteiger partial charge in [-0.3, -0.25) is 0 Å². The Labute approximate surface area is 174 Å². The molecule has 4 nitrogen and oxygen atoms in total. The highest BCUT2D eigenvalue weighted by Gasteiger charge is 2.21. The molecule has 4 rings (SSSR count). The predicted octanol–water partition coefficient (Wildman–Crippen LogP) is 5.17. The van der Waals surface area contributed by atoms with Gasteiger partial charge in [-0.05, 0) is 42.0 Å². The second kappa shape index (κ2) is 7.97. The zero-order valence-corrected chi connectivity index (χ0v) is 16.7. The minimum Gasteiger partial charge on any atom is -0.342 e. The molecule has 0 aliphatic rings. The fourth-order valence-electron chi connectivity index (χ4n) is 3.35. The molecule has 1 heterocycles. The van der Waals surface area contributed by atoms with Gasteiger partial charge in [0.25, 0.3) is 0 Å². The fraction of sp³-hybridized carbons (Fsp3) is 0.0417. The number of allylic oxidation sites excluding steroid dienone is 1. The molecule has 0 fully saturated rings. The third-order valence-electron chi connectivity index (χ3n) is 4.83. The lowest BCUT2D eigenvalue weighted by molar-refractivity contribution is 0.603. The van der Waals surface area contributed by atoms with Gasteiger partial charge in [-0.2, -0.15) is 5.26 Å². The number of rotatable bonds is 5. The number of halogens is 1. The van der Waals surface area contributed by atoms with Crippen molar-refractivity contribution in [2.24, 2.45) is 0 Å². The van der Waals surface area contributed by atoms with Gasteiger partial charge in [0.2, 0.25) is 9.84 Å². The zero-order valence-electron chi connectivity index (χ0n) is 15.9. The maximum Gasteiger partial charge on any atom is 0.216 e. The van der Waals surface area contributed by atoms with Crippen LogP contribution in [0.25, 0.3) is 17.0 Å². The van der Waals surface area contributed by atoms with Crippen LogP contribution in [0.15, 0.2) is 94.9 Å². The standard InChI is InChI=1S/C24H17FN2O2S/c25-20-12-10-18(11-13-20)16-27-17-19(23-8-4-5-9-24(23)27)14-22(15-26)30(28,29)21-6-2-1-3-7-21/h1-14,17H,16H2.